The number of nitrogens with zero attached hydrogens (tertiary/aromatic N) is 1. The number of nitrogens with two attached hydrogens (primary N) is 1. The first-order chi connectivity index (χ1) is 8.06. The Morgan fingerprint density at radius 2 is 1.76 bits per heavy atom. The largest absolute Gasteiger partial charge is 0.397 e. The van der Waals surface area contributed by atoms with Crippen LogP contribution in [0.5, 0.6) is 0 Å². The lowest BCUT2D eigenvalue weighted by molar-refractivity contribution is 1.14. The van der Waals surface area contributed by atoms with E-state index in [1.165, 1.54) is 11.8 Å². The molecule has 2 aromatic rings. The van der Waals surface area contributed by atoms with Crippen molar-refractivity contribution in [1.29, 1.82) is 0 Å². The molecule has 2 rings (SSSR count). The van der Waals surface area contributed by atoms with E-state index in [9.17, 15) is 0 Å². The Balaban J connectivity index is 2.28. The number of rotatable bonds is 2. The minimum Gasteiger partial charge on any atom is -0.397 e. The molecule has 0 saturated heterocycles. The number of pyridine rings is 1. The van der Waals surface area contributed by atoms with Crippen molar-refractivity contribution in [3.05, 3.63) is 45.5 Å². The zero-order valence-electron chi connectivity index (χ0n) is 8.45. The van der Waals surface area contributed by atoms with E-state index in [0.29, 0.717) is 25.8 Å². The Morgan fingerprint density at radius 1 is 1.00 bits per heavy atom. The summed E-state index contributed by atoms with van der Waals surface area (Å²) in [6.45, 7) is 0. The van der Waals surface area contributed by atoms with E-state index in [-0.39, 0.29) is 0 Å². The molecule has 1 aromatic carbocycles. The molecular weight excluding hydrogens is 299 g/mol. The van der Waals surface area contributed by atoms with Crippen LogP contribution in [-0.2, 0) is 0 Å². The molecule has 0 bridgehead atoms. The molecule has 88 valence electrons. The highest BCUT2D eigenvalue weighted by Gasteiger charge is 2.06. The smallest absolute Gasteiger partial charge is 0.120 e. The van der Waals surface area contributed by atoms with Gasteiger partial charge >= 0.3 is 0 Å². The van der Waals surface area contributed by atoms with E-state index in [1.807, 2.05) is 6.07 Å². The Bertz CT molecular complexity index is 560. The minimum atomic E-state index is 0.503. The lowest BCUT2D eigenvalue weighted by Crippen LogP contribution is -1.88. The van der Waals surface area contributed by atoms with Crippen molar-refractivity contribution in [2.45, 2.75) is 9.92 Å². The zero-order valence-corrected chi connectivity index (χ0v) is 11.5. The van der Waals surface area contributed by atoms with Crippen LogP contribution in [0.2, 0.25) is 15.1 Å². The van der Waals surface area contributed by atoms with Gasteiger partial charge in [0.25, 0.3) is 0 Å². The highest BCUT2D eigenvalue weighted by Crippen LogP contribution is 2.35. The van der Waals surface area contributed by atoms with Crippen molar-refractivity contribution < 1.29 is 0 Å². The maximum atomic E-state index is 6.03. The van der Waals surface area contributed by atoms with Crippen molar-refractivity contribution in [2.24, 2.45) is 0 Å². The van der Waals surface area contributed by atoms with Gasteiger partial charge < -0.3 is 5.73 Å². The van der Waals surface area contributed by atoms with Gasteiger partial charge in [0, 0.05) is 4.90 Å². The predicted molar refractivity (Wildman–Crippen MR) is 74.2 cm³/mol. The molecule has 0 aliphatic heterocycles. The van der Waals surface area contributed by atoms with Crippen LogP contribution in [0.1, 0.15) is 0 Å². The van der Waals surface area contributed by atoms with Gasteiger partial charge in [-0.1, -0.05) is 46.6 Å². The molecule has 1 aromatic heterocycles. The summed E-state index contributed by atoms with van der Waals surface area (Å²) in [6.07, 6.45) is 1.56. The molecular formula is C11H7Cl3N2S. The second-order valence-electron chi connectivity index (χ2n) is 3.23. The van der Waals surface area contributed by atoms with Crippen molar-refractivity contribution >= 4 is 52.3 Å². The molecule has 0 aliphatic carbocycles. The molecule has 1 heterocycles. The average Bonchev–Trinajstić information content (AvgIpc) is 2.27. The molecule has 17 heavy (non-hydrogen) atoms. The monoisotopic (exact) mass is 304 g/mol. The standard InChI is InChI=1S/C11H7Cl3N2S/c12-8-2-1-7(4-9(8)13)17-11-10(14)3-6(15)5-16-11/h1-5H,15H2. The molecule has 0 aliphatic rings. The molecule has 0 saturated carbocycles. The van der Waals surface area contributed by atoms with Gasteiger partial charge in [-0.15, -0.1) is 0 Å². The molecule has 2 nitrogen and oxygen atoms in total. The lowest BCUT2D eigenvalue weighted by atomic mass is 10.4. The summed E-state index contributed by atoms with van der Waals surface area (Å²) >= 11 is 19.2. The summed E-state index contributed by atoms with van der Waals surface area (Å²) in [6, 6.07) is 7.02. The minimum absolute atomic E-state index is 0.503. The number of hydrogen-bond acceptors (Lipinski definition) is 3. The molecule has 2 N–H and O–H groups in total. The molecule has 6 heteroatoms. The second kappa shape index (κ2) is 5.36. The summed E-state index contributed by atoms with van der Waals surface area (Å²) in [5.74, 6) is 0. The van der Waals surface area contributed by atoms with E-state index < -0.39 is 0 Å². The molecule has 0 spiro atoms. The van der Waals surface area contributed by atoms with E-state index in [2.05, 4.69) is 4.98 Å². The quantitative estimate of drug-likeness (QED) is 0.868. The fourth-order valence-corrected chi connectivity index (χ4v) is 2.62. The van der Waals surface area contributed by atoms with Crippen LogP contribution in [-0.4, -0.2) is 4.98 Å². The van der Waals surface area contributed by atoms with Crippen LogP contribution in [0.15, 0.2) is 40.4 Å². The third-order valence-corrected chi connectivity index (χ3v) is 4.08. The molecule has 0 unspecified atom stereocenters. The van der Waals surface area contributed by atoms with E-state index in [0.717, 1.165) is 4.90 Å². The summed E-state index contributed by atoms with van der Waals surface area (Å²) in [4.78, 5) is 5.07. The van der Waals surface area contributed by atoms with Gasteiger partial charge in [0.1, 0.15) is 5.03 Å². The van der Waals surface area contributed by atoms with Gasteiger partial charge in [-0.25, -0.2) is 4.98 Å². The van der Waals surface area contributed by atoms with Gasteiger partial charge in [0.15, 0.2) is 0 Å². The van der Waals surface area contributed by atoms with Crippen LogP contribution in [0.25, 0.3) is 0 Å². The number of hydrogen-bond donors (Lipinski definition) is 1. The molecule has 0 fully saturated rings. The van der Waals surface area contributed by atoms with E-state index >= 15 is 0 Å². The van der Waals surface area contributed by atoms with Crippen LogP contribution in [0.4, 0.5) is 5.69 Å². The average molecular weight is 306 g/mol. The highest BCUT2D eigenvalue weighted by molar-refractivity contribution is 7.99. The zero-order chi connectivity index (χ0) is 12.4. The van der Waals surface area contributed by atoms with Crippen molar-refractivity contribution in [3.63, 3.8) is 0 Å². The number of anilines is 1. The normalized spacial score (nSPS) is 10.5. The van der Waals surface area contributed by atoms with Crippen molar-refractivity contribution in [3.8, 4) is 0 Å². The number of nitrogen functional groups attached to an aromatic ring is 1. The molecule has 0 radical (unpaired) electrons. The van der Waals surface area contributed by atoms with Gasteiger partial charge in [-0.2, -0.15) is 0 Å². The Morgan fingerprint density at radius 3 is 2.41 bits per heavy atom. The third kappa shape index (κ3) is 3.19. The Hall–Kier alpha value is -0.610. The van der Waals surface area contributed by atoms with Crippen LogP contribution < -0.4 is 5.73 Å². The Labute approximate surface area is 118 Å². The van der Waals surface area contributed by atoms with Gasteiger partial charge in [0.05, 0.1) is 27.0 Å². The summed E-state index contributed by atoms with van der Waals surface area (Å²) in [7, 11) is 0. The third-order valence-electron chi connectivity index (χ3n) is 1.93. The van der Waals surface area contributed by atoms with Gasteiger partial charge in [0.2, 0.25) is 0 Å². The fourth-order valence-electron chi connectivity index (χ4n) is 1.17. The molecule has 0 amide bonds. The first-order valence-electron chi connectivity index (χ1n) is 4.60. The van der Waals surface area contributed by atoms with E-state index in [1.54, 1.807) is 24.4 Å². The first-order valence-corrected chi connectivity index (χ1v) is 6.55. The highest BCUT2D eigenvalue weighted by atomic mass is 35.5. The summed E-state index contributed by atoms with van der Waals surface area (Å²) < 4.78 is 0. The second-order valence-corrected chi connectivity index (χ2v) is 5.52. The lowest BCUT2D eigenvalue weighted by Gasteiger charge is -2.05. The number of aromatic nitrogens is 1. The maximum absolute atomic E-state index is 6.03. The fraction of sp³-hybridized carbons (Fsp3) is 0. The first kappa shape index (κ1) is 12.8. The van der Waals surface area contributed by atoms with Crippen molar-refractivity contribution in [1.82, 2.24) is 4.98 Å². The SMILES string of the molecule is Nc1cnc(Sc2ccc(Cl)c(Cl)c2)c(Cl)c1. The van der Waals surface area contributed by atoms with E-state index in [4.69, 9.17) is 40.5 Å². The number of halogens is 3. The van der Waals surface area contributed by atoms with Crippen LogP contribution >= 0.6 is 46.6 Å². The predicted octanol–water partition coefficient (Wildman–Crippen LogP) is 4.78. The molecule has 0 atom stereocenters. The van der Waals surface area contributed by atoms with Crippen molar-refractivity contribution in [2.75, 3.05) is 5.73 Å². The number of benzene rings is 1. The summed E-state index contributed by atoms with van der Waals surface area (Å²) in [5, 5.41) is 2.22. The van der Waals surface area contributed by atoms with Crippen LogP contribution in [0, 0.1) is 0 Å². The topological polar surface area (TPSA) is 38.9 Å². The summed E-state index contributed by atoms with van der Waals surface area (Å²) in [5.41, 5.74) is 6.11. The van der Waals surface area contributed by atoms with Crippen LogP contribution in [0.3, 0.4) is 0 Å². The van der Waals surface area contributed by atoms with Gasteiger partial charge in [-0.3, -0.25) is 0 Å². The maximum Gasteiger partial charge on any atom is 0.120 e. The van der Waals surface area contributed by atoms with Gasteiger partial charge in [-0.05, 0) is 24.3 Å². The Kier molecular flexibility index (Phi) is 4.05.